The minimum absolute atomic E-state index is 0.651. The number of ether oxygens (including phenoxy) is 1. The van der Waals surface area contributed by atoms with Gasteiger partial charge in [-0.25, -0.2) is 5.84 Å². The van der Waals surface area contributed by atoms with Crippen LogP contribution in [0.3, 0.4) is 0 Å². The monoisotopic (exact) mass is 268 g/mol. The van der Waals surface area contributed by atoms with Crippen molar-refractivity contribution in [1.29, 1.82) is 0 Å². The molecule has 0 amide bonds. The van der Waals surface area contributed by atoms with Crippen molar-refractivity contribution in [1.82, 2.24) is 10.3 Å². The van der Waals surface area contributed by atoms with Gasteiger partial charge in [-0.15, -0.1) is 0 Å². The summed E-state index contributed by atoms with van der Waals surface area (Å²) in [6.45, 7) is 7.64. The second-order valence-electron chi connectivity index (χ2n) is 3.99. The number of hydrogen-bond acceptors (Lipinski definition) is 4. The summed E-state index contributed by atoms with van der Waals surface area (Å²) in [6, 6.07) is 3.81. The van der Waals surface area contributed by atoms with Crippen molar-refractivity contribution in [2.45, 2.75) is 26.8 Å². The summed E-state index contributed by atoms with van der Waals surface area (Å²) in [5.41, 5.74) is 2.65. The highest BCUT2D eigenvalue weighted by atomic mass is 16.5. The Morgan fingerprint density at radius 2 is 2.37 bits per heavy atom. The summed E-state index contributed by atoms with van der Waals surface area (Å²) < 4.78 is 10.6. The van der Waals surface area contributed by atoms with Crippen molar-refractivity contribution in [3.63, 3.8) is 0 Å². The van der Waals surface area contributed by atoms with Crippen LogP contribution >= 0.6 is 0 Å². The Kier molecular flexibility index (Phi) is 7.69. The molecule has 0 aromatic carbocycles. The number of aliphatic imine (C=N–C) groups is 1. The van der Waals surface area contributed by atoms with Gasteiger partial charge in [-0.2, -0.15) is 0 Å². The van der Waals surface area contributed by atoms with E-state index in [1.54, 1.807) is 6.26 Å². The second-order valence-corrected chi connectivity index (χ2v) is 3.99. The zero-order valence-corrected chi connectivity index (χ0v) is 11.8. The Labute approximate surface area is 114 Å². The molecule has 3 N–H and O–H groups in total. The number of guanidine groups is 1. The molecule has 19 heavy (non-hydrogen) atoms. The van der Waals surface area contributed by atoms with Crippen LogP contribution < -0.4 is 11.3 Å². The summed E-state index contributed by atoms with van der Waals surface area (Å²) in [7, 11) is 0. The van der Waals surface area contributed by atoms with E-state index >= 15 is 0 Å². The molecule has 0 radical (unpaired) electrons. The lowest BCUT2D eigenvalue weighted by molar-refractivity contribution is 0.146. The number of furan rings is 1. The molecule has 0 spiro atoms. The molecular weight excluding hydrogens is 244 g/mol. The van der Waals surface area contributed by atoms with Crippen LogP contribution in [-0.4, -0.2) is 37.2 Å². The molecule has 1 aromatic heterocycles. The Hall–Kier alpha value is -1.53. The van der Waals surface area contributed by atoms with Gasteiger partial charge < -0.3 is 14.1 Å². The average molecular weight is 268 g/mol. The summed E-state index contributed by atoms with van der Waals surface area (Å²) in [4.78, 5) is 6.48. The summed E-state index contributed by atoms with van der Waals surface area (Å²) in [5.74, 6) is 7.10. The number of nitrogens with one attached hydrogen (secondary N) is 1. The molecule has 0 saturated carbocycles. The fourth-order valence-electron chi connectivity index (χ4n) is 1.66. The zero-order chi connectivity index (χ0) is 13.9. The maximum atomic E-state index is 5.53. The molecule has 1 aromatic rings. The Bertz CT molecular complexity index is 352. The van der Waals surface area contributed by atoms with Gasteiger partial charge in [0, 0.05) is 26.3 Å². The minimum Gasteiger partial charge on any atom is -0.467 e. The third kappa shape index (κ3) is 5.76. The summed E-state index contributed by atoms with van der Waals surface area (Å²) in [5, 5.41) is 0. The van der Waals surface area contributed by atoms with E-state index in [0.29, 0.717) is 19.0 Å². The third-order valence-corrected chi connectivity index (χ3v) is 2.65. The van der Waals surface area contributed by atoms with Crippen molar-refractivity contribution >= 4 is 5.96 Å². The molecule has 6 nitrogen and oxygen atoms in total. The van der Waals surface area contributed by atoms with Crippen molar-refractivity contribution < 1.29 is 9.15 Å². The van der Waals surface area contributed by atoms with Gasteiger partial charge in [0.15, 0.2) is 0 Å². The van der Waals surface area contributed by atoms with E-state index in [-0.39, 0.29) is 0 Å². The molecule has 0 unspecified atom stereocenters. The molecule has 0 aliphatic heterocycles. The van der Waals surface area contributed by atoms with Crippen LogP contribution in [0.5, 0.6) is 0 Å². The third-order valence-electron chi connectivity index (χ3n) is 2.65. The first-order chi connectivity index (χ1) is 9.31. The fraction of sp³-hybridized carbons (Fsp3) is 0.615. The molecule has 0 aliphatic rings. The van der Waals surface area contributed by atoms with Crippen molar-refractivity contribution in [2.24, 2.45) is 10.8 Å². The molecule has 0 saturated heterocycles. The van der Waals surface area contributed by atoms with Gasteiger partial charge >= 0.3 is 0 Å². The number of nitrogens with zero attached hydrogens (tertiary/aromatic N) is 2. The highest BCUT2D eigenvalue weighted by Gasteiger charge is 2.10. The van der Waals surface area contributed by atoms with Crippen molar-refractivity contribution in [3.05, 3.63) is 24.2 Å². The van der Waals surface area contributed by atoms with E-state index in [2.05, 4.69) is 17.3 Å². The quantitative estimate of drug-likeness (QED) is 0.245. The van der Waals surface area contributed by atoms with E-state index in [0.717, 1.165) is 31.9 Å². The molecule has 0 aliphatic carbocycles. The van der Waals surface area contributed by atoms with Crippen molar-refractivity contribution in [3.8, 4) is 0 Å². The van der Waals surface area contributed by atoms with Gasteiger partial charge in [-0.3, -0.25) is 10.4 Å². The van der Waals surface area contributed by atoms with E-state index < -0.39 is 0 Å². The number of hydrogen-bond donors (Lipinski definition) is 2. The van der Waals surface area contributed by atoms with Gasteiger partial charge in [0.2, 0.25) is 5.96 Å². The molecular formula is C13H24N4O2. The topological polar surface area (TPSA) is 76.0 Å². The molecule has 0 bridgehead atoms. The number of rotatable bonds is 8. The van der Waals surface area contributed by atoms with Gasteiger partial charge in [0.1, 0.15) is 5.76 Å². The summed E-state index contributed by atoms with van der Waals surface area (Å²) in [6.07, 6.45) is 2.55. The second kappa shape index (κ2) is 9.41. The SMILES string of the molecule is CCOCCCN=C(NN)N(CC)Cc1ccco1. The first-order valence-corrected chi connectivity index (χ1v) is 6.67. The first kappa shape index (κ1) is 15.5. The number of nitrogens with two attached hydrogens (primary N) is 1. The van der Waals surface area contributed by atoms with Gasteiger partial charge in [0.05, 0.1) is 12.8 Å². The smallest absolute Gasteiger partial charge is 0.208 e. The van der Waals surface area contributed by atoms with Crippen LogP contribution in [0.25, 0.3) is 0 Å². The molecule has 0 atom stereocenters. The molecule has 108 valence electrons. The average Bonchev–Trinajstić information content (AvgIpc) is 2.94. The van der Waals surface area contributed by atoms with Crippen LogP contribution in [0.2, 0.25) is 0 Å². The Morgan fingerprint density at radius 1 is 1.53 bits per heavy atom. The minimum atomic E-state index is 0.651. The normalized spacial score (nSPS) is 11.6. The summed E-state index contributed by atoms with van der Waals surface area (Å²) >= 11 is 0. The largest absolute Gasteiger partial charge is 0.467 e. The predicted molar refractivity (Wildman–Crippen MR) is 75.5 cm³/mol. The molecule has 1 rings (SSSR count). The highest BCUT2D eigenvalue weighted by molar-refractivity contribution is 5.79. The molecule has 6 heteroatoms. The van der Waals surface area contributed by atoms with Gasteiger partial charge in [-0.05, 0) is 32.4 Å². The van der Waals surface area contributed by atoms with Crippen LogP contribution in [0.15, 0.2) is 27.8 Å². The van der Waals surface area contributed by atoms with Crippen molar-refractivity contribution in [2.75, 3.05) is 26.3 Å². The maximum Gasteiger partial charge on any atom is 0.208 e. The first-order valence-electron chi connectivity index (χ1n) is 6.67. The Morgan fingerprint density at radius 3 is 2.95 bits per heavy atom. The molecule has 0 fully saturated rings. The van der Waals surface area contributed by atoms with Crippen LogP contribution in [0.1, 0.15) is 26.0 Å². The van der Waals surface area contributed by atoms with Crippen LogP contribution in [0, 0.1) is 0 Å². The zero-order valence-electron chi connectivity index (χ0n) is 11.8. The maximum absolute atomic E-state index is 5.53. The fourth-order valence-corrected chi connectivity index (χ4v) is 1.66. The highest BCUT2D eigenvalue weighted by Crippen LogP contribution is 2.05. The predicted octanol–water partition coefficient (Wildman–Crippen LogP) is 1.35. The number of hydrazine groups is 1. The standard InChI is InChI=1S/C13H24N4O2/c1-3-17(11-12-7-5-10-19-12)13(16-14)15-8-6-9-18-4-2/h5,7,10H,3-4,6,8-9,11,14H2,1-2H3,(H,15,16). The van der Waals surface area contributed by atoms with Crippen LogP contribution in [0.4, 0.5) is 0 Å². The van der Waals surface area contributed by atoms with E-state index in [4.69, 9.17) is 15.0 Å². The molecule has 1 heterocycles. The lowest BCUT2D eigenvalue weighted by Crippen LogP contribution is -2.44. The van der Waals surface area contributed by atoms with Crippen LogP contribution in [-0.2, 0) is 11.3 Å². The van der Waals surface area contributed by atoms with Gasteiger partial charge in [0.25, 0.3) is 0 Å². The van der Waals surface area contributed by atoms with E-state index in [1.165, 1.54) is 0 Å². The lowest BCUT2D eigenvalue weighted by atomic mass is 10.4. The van der Waals surface area contributed by atoms with Gasteiger partial charge in [-0.1, -0.05) is 0 Å². The Balaban J connectivity index is 2.47. The van der Waals surface area contributed by atoms with E-state index in [9.17, 15) is 0 Å². The van der Waals surface area contributed by atoms with E-state index in [1.807, 2.05) is 24.0 Å². The lowest BCUT2D eigenvalue weighted by Gasteiger charge is -2.22.